The van der Waals surface area contributed by atoms with E-state index in [1.165, 1.54) is 12.8 Å². The number of benzene rings is 1. The first-order chi connectivity index (χ1) is 9.17. The molecule has 0 radical (unpaired) electrons. The van der Waals surface area contributed by atoms with Gasteiger partial charge in [-0.05, 0) is 36.8 Å². The van der Waals surface area contributed by atoms with E-state index in [4.69, 9.17) is 5.73 Å². The van der Waals surface area contributed by atoms with Crippen LogP contribution in [0.2, 0.25) is 0 Å². The standard InChI is InChI=1S/C15H22N2O2.ClH/c16-13-6-2-1-5-12(13)14(19)17-11-15(9-10-18)7-3-4-8-15;/h1-2,5-6,18H,3-4,7-11,16H2,(H,17,19);1H. The number of para-hydroxylation sites is 1. The Balaban J connectivity index is 0.00000200. The Morgan fingerprint density at radius 3 is 2.55 bits per heavy atom. The van der Waals surface area contributed by atoms with Crippen LogP contribution >= 0.6 is 12.4 Å². The van der Waals surface area contributed by atoms with Crippen molar-refractivity contribution in [2.75, 3.05) is 18.9 Å². The van der Waals surface area contributed by atoms with E-state index in [1.807, 2.05) is 12.1 Å². The zero-order valence-corrected chi connectivity index (χ0v) is 12.4. The van der Waals surface area contributed by atoms with Gasteiger partial charge in [-0.3, -0.25) is 4.79 Å². The van der Waals surface area contributed by atoms with Crippen LogP contribution in [0, 0.1) is 5.41 Å². The predicted octanol–water partition coefficient (Wildman–Crippen LogP) is 2.36. The summed E-state index contributed by atoms with van der Waals surface area (Å²) in [4.78, 5) is 12.1. The van der Waals surface area contributed by atoms with Gasteiger partial charge in [0.2, 0.25) is 0 Å². The Morgan fingerprint density at radius 1 is 1.30 bits per heavy atom. The molecule has 4 nitrogen and oxygen atoms in total. The van der Waals surface area contributed by atoms with Gasteiger partial charge in [-0.2, -0.15) is 0 Å². The van der Waals surface area contributed by atoms with Crippen molar-refractivity contribution in [1.29, 1.82) is 0 Å². The van der Waals surface area contributed by atoms with Gasteiger partial charge in [0.05, 0.1) is 5.56 Å². The largest absolute Gasteiger partial charge is 0.398 e. The van der Waals surface area contributed by atoms with Crippen LogP contribution in [0.4, 0.5) is 5.69 Å². The molecular formula is C15H23ClN2O2. The number of nitrogens with one attached hydrogen (secondary N) is 1. The molecule has 0 aliphatic heterocycles. The maximum Gasteiger partial charge on any atom is 0.253 e. The quantitative estimate of drug-likeness (QED) is 0.731. The minimum absolute atomic E-state index is 0. The van der Waals surface area contributed by atoms with Gasteiger partial charge in [-0.1, -0.05) is 25.0 Å². The number of aliphatic hydroxyl groups excluding tert-OH is 1. The average molecular weight is 299 g/mol. The maximum atomic E-state index is 12.1. The molecular weight excluding hydrogens is 276 g/mol. The number of nitrogen functional groups attached to an aromatic ring is 1. The fourth-order valence-corrected chi connectivity index (χ4v) is 2.94. The molecule has 1 aromatic rings. The molecule has 4 N–H and O–H groups in total. The summed E-state index contributed by atoms with van der Waals surface area (Å²) in [5.74, 6) is -0.123. The Labute approximate surface area is 126 Å². The van der Waals surface area contributed by atoms with Crippen LogP contribution in [0.1, 0.15) is 42.5 Å². The zero-order valence-electron chi connectivity index (χ0n) is 11.6. The minimum atomic E-state index is -0.123. The first kappa shape index (κ1) is 16.8. The van der Waals surface area contributed by atoms with E-state index in [-0.39, 0.29) is 30.3 Å². The highest BCUT2D eigenvalue weighted by Crippen LogP contribution is 2.40. The topological polar surface area (TPSA) is 75.4 Å². The summed E-state index contributed by atoms with van der Waals surface area (Å²) < 4.78 is 0. The van der Waals surface area contributed by atoms with Crippen LogP contribution < -0.4 is 11.1 Å². The third kappa shape index (κ3) is 3.87. The summed E-state index contributed by atoms with van der Waals surface area (Å²) in [5.41, 5.74) is 6.90. The Hall–Kier alpha value is -1.26. The molecule has 1 aliphatic carbocycles. The van der Waals surface area contributed by atoms with E-state index >= 15 is 0 Å². The highest BCUT2D eigenvalue weighted by atomic mass is 35.5. The van der Waals surface area contributed by atoms with Gasteiger partial charge in [-0.15, -0.1) is 12.4 Å². The van der Waals surface area contributed by atoms with Gasteiger partial charge < -0.3 is 16.2 Å². The van der Waals surface area contributed by atoms with Crippen LogP contribution in [0.3, 0.4) is 0 Å². The van der Waals surface area contributed by atoms with Crippen molar-refractivity contribution in [3.05, 3.63) is 29.8 Å². The second-order valence-electron chi connectivity index (χ2n) is 5.45. The van der Waals surface area contributed by atoms with Crippen molar-refractivity contribution >= 4 is 24.0 Å². The molecule has 2 rings (SSSR count). The molecule has 20 heavy (non-hydrogen) atoms. The lowest BCUT2D eigenvalue weighted by Gasteiger charge is -2.28. The molecule has 0 heterocycles. The van der Waals surface area contributed by atoms with Crippen LogP contribution in [0.15, 0.2) is 24.3 Å². The first-order valence-electron chi connectivity index (χ1n) is 6.90. The Bertz CT molecular complexity index is 445. The summed E-state index contributed by atoms with van der Waals surface area (Å²) in [7, 11) is 0. The number of nitrogens with two attached hydrogens (primary N) is 1. The lowest BCUT2D eigenvalue weighted by atomic mass is 9.83. The van der Waals surface area contributed by atoms with Crippen LogP contribution in [0.5, 0.6) is 0 Å². The second kappa shape index (κ2) is 7.50. The molecule has 0 unspecified atom stereocenters. The molecule has 1 aromatic carbocycles. The SMILES string of the molecule is Cl.Nc1ccccc1C(=O)NCC1(CCO)CCCC1. The fraction of sp³-hybridized carbons (Fsp3) is 0.533. The lowest BCUT2D eigenvalue weighted by Crippen LogP contribution is -2.36. The highest BCUT2D eigenvalue weighted by molar-refractivity contribution is 5.99. The third-order valence-electron chi connectivity index (χ3n) is 4.14. The zero-order chi connectivity index (χ0) is 13.7. The molecule has 1 fully saturated rings. The van der Waals surface area contributed by atoms with Crippen LogP contribution in [0.25, 0.3) is 0 Å². The van der Waals surface area contributed by atoms with E-state index in [0.717, 1.165) is 19.3 Å². The van der Waals surface area contributed by atoms with Crippen molar-refractivity contribution in [1.82, 2.24) is 5.32 Å². The number of carbonyl (C=O) groups is 1. The van der Waals surface area contributed by atoms with E-state index < -0.39 is 0 Å². The number of carbonyl (C=O) groups excluding carboxylic acids is 1. The van der Waals surface area contributed by atoms with E-state index in [0.29, 0.717) is 17.8 Å². The minimum Gasteiger partial charge on any atom is -0.398 e. The number of anilines is 1. The van der Waals surface area contributed by atoms with Gasteiger partial charge >= 0.3 is 0 Å². The fourth-order valence-electron chi connectivity index (χ4n) is 2.94. The molecule has 0 aromatic heterocycles. The summed E-state index contributed by atoms with van der Waals surface area (Å²) >= 11 is 0. The Morgan fingerprint density at radius 2 is 1.95 bits per heavy atom. The molecule has 1 amide bonds. The van der Waals surface area contributed by atoms with E-state index in [2.05, 4.69) is 5.32 Å². The first-order valence-corrected chi connectivity index (χ1v) is 6.90. The van der Waals surface area contributed by atoms with E-state index in [9.17, 15) is 9.90 Å². The average Bonchev–Trinajstić information content (AvgIpc) is 2.86. The van der Waals surface area contributed by atoms with Gasteiger partial charge in [0.15, 0.2) is 0 Å². The van der Waals surface area contributed by atoms with Crippen molar-refractivity contribution in [3.63, 3.8) is 0 Å². The number of rotatable bonds is 5. The number of halogens is 1. The normalized spacial score (nSPS) is 16.4. The molecule has 0 saturated heterocycles. The highest BCUT2D eigenvalue weighted by Gasteiger charge is 2.33. The summed E-state index contributed by atoms with van der Waals surface area (Å²) in [6.45, 7) is 0.810. The van der Waals surface area contributed by atoms with Gasteiger partial charge in [0.25, 0.3) is 5.91 Å². The summed E-state index contributed by atoms with van der Waals surface area (Å²) in [5, 5.41) is 12.2. The molecule has 1 aliphatic rings. The van der Waals surface area contributed by atoms with Crippen LogP contribution in [-0.2, 0) is 0 Å². The van der Waals surface area contributed by atoms with Crippen LogP contribution in [-0.4, -0.2) is 24.2 Å². The second-order valence-corrected chi connectivity index (χ2v) is 5.45. The molecule has 1 saturated carbocycles. The van der Waals surface area contributed by atoms with Gasteiger partial charge in [0, 0.05) is 18.8 Å². The third-order valence-corrected chi connectivity index (χ3v) is 4.14. The van der Waals surface area contributed by atoms with Gasteiger partial charge in [0.1, 0.15) is 0 Å². The van der Waals surface area contributed by atoms with Crippen molar-refractivity contribution in [3.8, 4) is 0 Å². The summed E-state index contributed by atoms with van der Waals surface area (Å²) in [6, 6.07) is 7.09. The summed E-state index contributed by atoms with van der Waals surface area (Å²) in [6.07, 6.45) is 5.29. The van der Waals surface area contributed by atoms with Gasteiger partial charge in [-0.25, -0.2) is 0 Å². The Kier molecular flexibility index (Phi) is 6.30. The van der Waals surface area contributed by atoms with Crippen molar-refractivity contribution in [2.45, 2.75) is 32.1 Å². The lowest BCUT2D eigenvalue weighted by molar-refractivity contribution is 0.0917. The molecule has 112 valence electrons. The number of amides is 1. The van der Waals surface area contributed by atoms with Crippen molar-refractivity contribution in [2.24, 2.45) is 5.41 Å². The molecule has 0 bridgehead atoms. The van der Waals surface area contributed by atoms with Crippen molar-refractivity contribution < 1.29 is 9.90 Å². The van der Waals surface area contributed by atoms with E-state index in [1.54, 1.807) is 12.1 Å². The molecule has 5 heteroatoms. The molecule has 0 atom stereocenters. The smallest absolute Gasteiger partial charge is 0.253 e. The number of hydrogen-bond donors (Lipinski definition) is 3. The monoisotopic (exact) mass is 298 g/mol. The maximum absolute atomic E-state index is 12.1. The predicted molar refractivity (Wildman–Crippen MR) is 83.0 cm³/mol. The molecule has 0 spiro atoms. The number of hydrogen-bond acceptors (Lipinski definition) is 3. The number of aliphatic hydroxyl groups is 1.